The SMILES string of the molecule is CC(c1ccccc1)N1COc2ccc3c(c2C1)O/C(=C\c1ccc(F)cc1)C3=O. The predicted octanol–water partition coefficient (Wildman–Crippen LogP) is 5.36. The van der Waals surface area contributed by atoms with Crippen LogP contribution in [0.2, 0.25) is 0 Å². The van der Waals surface area contributed by atoms with E-state index in [1.165, 1.54) is 17.7 Å². The topological polar surface area (TPSA) is 38.8 Å². The Labute approximate surface area is 174 Å². The maximum atomic E-state index is 13.2. The van der Waals surface area contributed by atoms with Crippen LogP contribution in [0.4, 0.5) is 4.39 Å². The molecule has 2 heterocycles. The average Bonchev–Trinajstić information content (AvgIpc) is 3.11. The van der Waals surface area contributed by atoms with E-state index in [0.29, 0.717) is 30.2 Å². The zero-order valence-corrected chi connectivity index (χ0v) is 16.5. The Hall–Kier alpha value is -3.44. The Morgan fingerprint density at radius 1 is 1.03 bits per heavy atom. The van der Waals surface area contributed by atoms with Crippen molar-refractivity contribution in [1.29, 1.82) is 0 Å². The van der Waals surface area contributed by atoms with Gasteiger partial charge in [-0.05, 0) is 48.4 Å². The first-order valence-corrected chi connectivity index (χ1v) is 9.87. The second kappa shape index (κ2) is 7.43. The Balaban J connectivity index is 1.45. The fourth-order valence-corrected chi connectivity index (χ4v) is 3.88. The van der Waals surface area contributed by atoms with Gasteiger partial charge >= 0.3 is 0 Å². The van der Waals surface area contributed by atoms with Gasteiger partial charge in [0.15, 0.2) is 5.76 Å². The fourth-order valence-electron chi connectivity index (χ4n) is 3.88. The lowest BCUT2D eigenvalue weighted by Crippen LogP contribution is -2.34. The number of hydrogen-bond acceptors (Lipinski definition) is 4. The molecule has 0 aliphatic carbocycles. The van der Waals surface area contributed by atoms with E-state index in [-0.39, 0.29) is 23.4 Å². The number of ketones is 1. The highest BCUT2D eigenvalue weighted by molar-refractivity contribution is 6.15. The molecular weight excluding hydrogens is 381 g/mol. The van der Waals surface area contributed by atoms with Gasteiger partial charge < -0.3 is 9.47 Å². The highest BCUT2D eigenvalue weighted by Gasteiger charge is 2.34. The Morgan fingerprint density at radius 2 is 1.80 bits per heavy atom. The third-order valence-electron chi connectivity index (χ3n) is 5.64. The number of benzene rings is 3. The molecule has 1 atom stereocenters. The van der Waals surface area contributed by atoms with Crippen molar-refractivity contribution >= 4 is 11.9 Å². The first kappa shape index (κ1) is 18.6. The monoisotopic (exact) mass is 401 g/mol. The van der Waals surface area contributed by atoms with Gasteiger partial charge in [0.05, 0.1) is 11.1 Å². The zero-order valence-electron chi connectivity index (χ0n) is 16.5. The molecule has 0 saturated carbocycles. The molecule has 3 aromatic rings. The number of hydrogen-bond donors (Lipinski definition) is 0. The number of fused-ring (bicyclic) bond motifs is 3. The van der Waals surface area contributed by atoms with Crippen molar-refractivity contribution in [1.82, 2.24) is 4.90 Å². The minimum Gasteiger partial charge on any atom is -0.478 e. The molecule has 0 radical (unpaired) electrons. The van der Waals surface area contributed by atoms with Gasteiger partial charge in [0.25, 0.3) is 0 Å². The molecule has 0 amide bonds. The highest BCUT2D eigenvalue weighted by Crippen LogP contribution is 2.43. The van der Waals surface area contributed by atoms with Crippen molar-refractivity contribution in [2.24, 2.45) is 0 Å². The summed E-state index contributed by atoms with van der Waals surface area (Å²) in [5, 5.41) is 0. The lowest BCUT2D eigenvalue weighted by molar-refractivity contribution is 0.0606. The molecule has 0 bridgehead atoms. The number of rotatable bonds is 3. The molecule has 0 aromatic heterocycles. The minimum atomic E-state index is -0.321. The van der Waals surface area contributed by atoms with Crippen LogP contribution in [0.5, 0.6) is 11.5 Å². The zero-order chi connectivity index (χ0) is 20.7. The third kappa shape index (κ3) is 3.27. The average molecular weight is 401 g/mol. The number of allylic oxidation sites excluding steroid dienone is 1. The molecule has 1 unspecified atom stereocenters. The van der Waals surface area contributed by atoms with E-state index in [1.54, 1.807) is 24.3 Å². The number of carbonyl (C=O) groups excluding carboxylic acids is 1. The summed E-state index contributed by atoms with van der Waals surface area (Å²) in [6.07, 6.45) is 1.64. The van der Waals surface area contributed by atoms with E-state index in [0.717, 1.165) is 11.3 Å². The van der Waals surface area contributed by atoms with Crippen molar-refractivity contribution in [3.8, 4) is 11.5 Å². The molecule has 3 aromatic carbocycles. The molecule has 5 heteroatoms. The summed E-state index contributed by atoms with van der Waals surface area (Å²) >= 11 is 0. The van der Waals surface area contributed by atoms with Crippen LogP contribution < -0.4 is 9.47 Å². The number of carbonyl (C=O) groups is 1. The van der Waals surface area contributed by atoms with Crippen LogP contribution in [0.15, 0.2) is 72.5 Å². The first-order chi connectivity index (χ1) is 14.6. The second-order valence-electron chi connectivity index (χ2n) is 7.52. The van der Waals surface area contributed by atoms with E-state index in [1.807, 2.05) is 24.3 Å². The van der Waals surface area contributed by atoms with Gasteiger partial charge in [-0.15, -0.1) is 0 Å². The summed E-state index contributed by atoms with van der Waals surface area (Å²) in [4.78, 5) is 15.1. The molecule has 2 aliphatic rings. The predicted molar refractivity (Wildman–Crippen MR) is 112 cm³/mol. The van der Waals surface area contributed by atoms with E-state index in [4.69, 9.17) is 9.47 Å². The largest absolute Gasteiger partial charge is 0.478 e. The summed E-state index contributed by atoms with van der Waals surface area (Å²) in [6.45, 7) is 3.22. The normalized spacial score (nSPS) is 17.8. The molecule has 0 saturated heterocycles. The molecule has 0 fully saturated rings. The summed E-state index contributed by atoms with van der Waals surface area (Å²) in [5.41, 5.74) is 3.31. The van der Waals surface area contributed by atoms with Crippen LogP contribution in [0.1, 0.15) is 40.0 Å². The van der Waals surface area contributed by atoms with Gasteiger partial charge in [-0.3, -0.25) is 9.69 Å². The van der Waals surface area contributed by atoms with Crippen molar-refractivity contribution in [2.75, 3.05) is 6.73 Å². The molecule has 30 heavy (non-hydrogen) atoms. The van der Waals surface area contributed by atoms with Crippen LogP contribution in [0.3, 0.4) is 0 Å². The summed E-state index contributed by atoms with van der Waals surface area (Å²) in [6, 6.07) is 19.9. The molecule has 150 valence electrons. The number of Topliss-reactive ketones (excluding diaryl/α,β-unsaturated/α-hetero) is 1. The lowest BCUT2D eigenvalue weighted by atomic mass is 10.0. The standard InChI is InChI=1S/C25H20FNO3/c1-16(18-5-3-2-4-6-18)27-14-21-22(29-15-27)12-11-20-24(28)23(30-25(20)21)13-17-7-9-19(26)10-8-17/h2-13,16H,14-15H2,1H3/b23-13-. The maximum Gasteiger partial charge on any atom is 0.231 e. The molecule has 0 N–H and O–H groups in total. The van der Waals surface area contributed by atoms with E-state index in [9.17, 15) is 9.18 Å². The smallest absolute Gasteiger partial charge is 0.231 e. The van der Waals surface area contributed by atoms with Crippen molar-refractivity contribution in [3.63, 3.8) is 0 Å². The van der Waals surface area contributed by atoms with Crippen molar-refractivity contribution in [2.45, 2.75) is 19.5 Å². The van der Waals surface area contributed by atoms with Gasteiger partial charge in [-0.25, -0.2) is 4.39 Å². The van der Waals surface area contributed by atoms with Crippen molar-refractivity contribution < 1.29 is 18.7 Å². The second-order valence-corrected chi connectivity index (χ2v) is 7.52. The van der Waals surface area contributed by atoms with Gasteiger partial charge in [0.1, 0.15) is 24.0 Å². The Morgan fingerprint density at radius 3 is 2.57 bits per heavy atom. The van der Waals surface area contributed by atoms with Gasteiger partial charge in [0.2, 0.25) is 5.78 Å². The Kier molecular flexibility index (Phi) is 4.60. The van der Waals surface area contributed by atoms with Crippen LogP contribution in [0.25, 0.3) is 6.08 Å². The number of halogens is 1. The van der Waals surface area contributed by atoms with Gasteiger partial charge in [0, 0.05) is 12.6 Å². The van der Waals surface area contributed by atoms with E-state index in [2.05, 4.69) is 24.0 Å². The van der Waals surface area contributed by atoms with Gasteiger partial charge in [-0.2, -0.15) is 0 Å². The molecule has 0 spiro atoms. The van der Waals surface area contributed by atoms with Crippen LogP contribution in [-0.2, 0) is 6.54 Å². The van der Waals surface area contributed by atoms with Crippen LogP contribution in [0, 0.1) is 5.82 Å². The van der Waals surface area contributed by atoms with Gasteiger partial charge in [-0.1, -0.05) is 42.5 Å². The first-order valence-electron chi connectivity index (χ1n) is 9.87. The Bertz CT molecular complexity index is 1140. The summed E-state index contributed by atoms with van der Waals surface area (Å²) in [7, 11) is 0. The number of nitrogens with zero attached hydrogens (tertiary/aromatic N) is 1. The fraction of sp³-hybridized carbons (Fsp3) is 0.160. The third-order valence-corrected chi connectivity index (χ3v) is 5.64. The van der Waals surface area contributed by atoms with Crippen molar-refractivity contribution in [3.05, 3.63) is 101 Å². The highest BCUT2D eigenvalue weighted by atomic mass is 19.1. The summed E-state index contributed by atoms with van der Waals surface area (Å²) < 4.78 is 25.1. The van der Waals surface area contributed by atoms with Crippen LogP contribution >= 0.6 is 0 Å². The quantitative estimate of drug-likeness (QED) is 0.554. The molecule has 4 nitrogen and oxygen atoms in total. The van der Waals surface area contributed by atoms with E-state index >= 15 is 0 Å². The number of ether oxygens (including phenoxy) is 2. The lowest BCUT2D eigenvalue weighted by Gasteiger charge is -2.34. The minimum absolute atomic E-state index is 0.154. The van der Waals surface area contributed by atoms with Crippen LogP contribution in [-0.4, -0.2) is 17.4 Å². The molecule has 2 aliphatic heterocycles. The summed E-state index contributed by atoms with van der Waals surface area (Å²) in [5.74, 6) is 1.03. The molecule has 5 rings (SSSR count). The van der Waals surface area contributed by atoms with E-state index < -0.39 is 0 Å². The molecular formula is C25H20FNO3. The maximum absolute atomic E-state index is 13.2.